The summed E-state index contributed by atoms with van der Waals surface area (Å²) in [7, 11) is 0. The number of alkyl halides is 2. The Bertz CT molecular complexity index is 594. The molecule has 0 aliphatic carbocycles. The summed E-state index contributed by atoms with van der Waals surface area (Å²) in [5, 5.41) is 2.06. The van der Waals surface area contributed by atoms with Crippen molar-refractivity contribution in [1.82, 2.24) is 0 Å². The van der Waals surface area contributed by atoms with E-state index in [2.05, 4.69) is 10.3 Å². The second kappa shape index (κ2) is 8.93. The number of benzene rings is 1. The zero-order valence-electron chi connectivity index (χ0n) is 13.4. The molecule has 0 aliphatic heterocycles. The zero-order chi connectivity index (χ0) is 16.5. The molecule has 0 aromatic heterocycles. The van der Waals surface area contributed by atoms with Crippen LogP contribution in [0.2, 0.25) is 0 Å². The van der Waals surface area contributed by atoms with Crippen LogP contribution >= 0.6 is 0 Å². The van der Waals surface area contributed by atoms with Crippen LogP contribution in [0.3, 0.4) is 0 Å². The maximum absolute atomic E-state index is 12.2. The summed E-state index contributed by atoms with van der Waals surface area (Å²) in [6.45, 7) is 5.31. The van der Waals surface area contributed by atoms with Gasteiger partial charge < -0.3 is 5.32 Å². The molecule has 0 bridgehead atoms. The van der Waals surface area contributed by atoms with E-state index in [1.807, 2.05) is 45.9 Å². The first kappa shape index (κ1) is 17.8. The fourth-order valence-corrected chi connectivity index (χ4v) is 1.69. The molecule has 0 saturated carbocycles. The smallest absolute Gasteiger partial charge is 0.312 e. The van der Waals surface area contributed by atoms with Gasteiger partial charge in [-0.2, -0.15) is 8.78 Å². The molecule has 0 amide bonds. The Balaban J connectivity index is 2.84. The van der Waals surface area contributed by atoms with Gasteiger partial charge in [-0.1, -0.05) is 30.4 Å². The minimum Gasteiger partial charge on any atom is -0.330 e. The van der Waals surface area contributed by atoms with Crippen molar-refractivity contribution in [3.63, 3.8) is 0 Å². The predicted molar refractivity (Wildman–Crippen MR) is 91.4 cm³/mol. The lowest BCUT2D eigenvalue weighted by Gasteiger charge is -2.06. The van der Waals surface area contributed by atoms with Crippen LogP contribution in [-0.4, -0.2) is 12.3 Å². The van der Waals surface area contributed by atoms with Gasteiger partial charge in [0.1, 0.15) is 0 Å². The molecule has 0 saturated heterocycles. The standard InChI is InChI=1S/C18H22F2N2/c1-5-6-7-13(2)15(4)21-12-14(3)16-8-10-17(11-9-16)22-18(19)20/h5-12,18,22H,1-4H3/b6-5-,13-7-,14-12+,21-15+. The molecule has 1 aromatic rings. The topological polar surface area (TPSA) is 24.4 Å². The average molecular weight is 304 g/mol. The van der Waals surface area contributed by atoms with Crippen molar-refractivity contribution < 1.29 is 8.78 Å². The van der Waals surface area contributed by atoms with Crippen LogP contribution in [0, 0.1) is 0 Å². The third-order valence-corrected chi connectivity index (χ3v) is 3.18. The second-order valence-corrected chi connectivity index (χ2v) is 4.92. The Morgan fingerprint density at radius 3 is 2.32 bits per heavy atom. The highest BCUT2D eigenvalue weighted by molar-refractivity contribution is 5.98. The summed E-state index contributed by atoms with van der Waals surface area (Å²) >= 11 is 0. The number of nitrogens with zero attached hydrogens (tertiary/aromatic N) is 1. The van der Waals surface area contributed by atoms with Gasteiger partial charge in [0.25, 0.3) is 0 Å². The summed E-state index contributed by atoms with van der Waals surface area (Å²) in [5.74, 6) is 0. The van der Waals surface area contributed by atoms with E-state index in [0.717, 1.165) is 22.4 Å². The molecule has 4 heteroatoms. The average Bonchev–Trinajstić information content (AvgIpc) is 2.50. The molecule has 0 atom stereocenters. The normalized spacial score (nSPS) is 14.0. The summed E-state index contributed by atoms with van der Waals surface area (Å²) in [5.41, 5.74) is 4.36. The van der Waals surface area contributed by atoms with Crippen molar-refractivity contribution in [3.8, 4) is 0 Å². The first-order valence-corrected chi connectivity index (χ1v) is 7.10. The SMILES string of the molecule is C\C=C/C=C(C)\C(C)=N\C=C(/C)c1ccc(NC(F)F)cc1. The van der Waals surface area contributed by atoms with Crippen LogP contribution < -0.4 is 5.32 Å². The Hall–Kier alpha value is -2.23. The Morgan fingerprint density at radius 2 is 1.77 bits per heavy atom. The number of hydrogen-bond acceptors (Lipinski definition) is 2. The van der Waals surface area contributed by atoms with Gasteiger partial charge >= 0.3 is 6.55 Å². The molecule has 22 heavy (non-hydrogen) atoms. The third-order valence-electron chi connectivity index (χ3n) is 3.18. The van der Waals surface area contributed by atoms with Crippen molar-refractivity contribution in [1.29, 1.82) is 0 Å². The van der Waals surface area contributed by atoms with Gasteiger partial charge in [-0.3, -0.25) is 4.99 Å². The van der Waals surface area contributed by atoms with E-state index in [4.69, 9.17) is 0 Å². The van der Waals surface area contributed by atoms with Gasteiger partial charge in [0.05, 0.1) is 0 Å². The van der Waals surface area contributed by atoms with Crippen molar-refractivity contribution in [2.75, 3.05) is 5.32 Å². The molecule has 0 aliphatic rings. The van der Waals surface area contributed by atoms with Crippen molar-refractivity contribution in [2.45, 2.75) is 34.2 Å². The Morgan fingerprint density at radius 1 is 1.14 bits per heavy atom. The van der Waals surface area contributed by atoms with Crippen molar-refractivity contribution >= 4 is 17.0 Å². The van der Waals surface area contributed by atoms with Gasteiger partial charge in [-0.15, -0.1) is 0 Å². The molecule has 0 heterocycles. The molecule has 1 N–H and O–H groups in total. The lowest BCUT2D eigenvalue weighted by molar-refractivity contribution is 0.181. The number of allylic oxidation sites excluding steroid dienone is 5. The number of aliphatic imine (C=N–C) groups is 1. The molecule has 2 nitrogen and oxygen atoms in total. The molecule has 0 spiro atoms. The summed E-state index contributed by atoms with van der Waals surface area (Å²) in [6, 6.07) is 6.85. The largest absolute Gasteiger partial charge is 0.330 e. The quantitative estimate of drug-likeness (QED) is 0.409. The number of nitrogens with one attached hydrogen (secondary N) is 1. The number of rotatable bonds is 6. The lowest BCUT2D eigenvalue weighted by atomic mass is 10.1. The summed E-state index contributed by atoms with van der Waals surface area (Å²) in [6.07, 6.45) is 7.73. The van der Waals surface area contributed by atoms with Gasteiger partial charge in [-0.05, 0) is 56.5 Å². The molecular formula is C18H22F2N2. The van der Waals surface area contributed by atoms with Crippen LogP contribution in [-0.2, 0) is 0 Å². The van der Waals surface area contributed by atoms with Gasteiger partial charge in [-0.25, -0.2) is 0 Å². The van der Waals surface area contributed by atoms with Gasteiger partial charge in [0, 0.05) is 17.6 Å². The van der Waals surface area contributed by atoms with Crippen LogP contribution in [0.1, 0.15) is 33.3 Å². The first-order chi connectivity index (χ1) is 10.4. The fourth-order valence-electron chi connectivity index (χ4n) is 1.69. The van der Waals surface area contributed by atoms with E-state index in [-0.39, 0.29) is 0 Å². The fraction of sp³-hybridized carbons (Fsp3) is 0.278. The minimum absolute atomic E-state index is 0.399. The highest BCUT2D eigenvalue weighted by Gasteiger charge is 2.02. The van der Waals surface area contributed by atoms with Crippen LogP contribution in [0.15, 0.2) is 59.3 Å². The molecule has 0 radical (unpaired) electrons. The molecular weight excluding hydrogens is 282 g/mol. The Labute approximate surface area is 131 Å². The van der Waals surface area contributed by atoms with E-state index < -0.39 is 6.55 Å². The molecule has 1 aromatic carbocycles. The first-order valence-electron chi connectivity index (χ1n) is 7.10. The van der Waals surface area contributed by atoms with Gasteiger partial charge in [0.2, 0.25) is 0 Å². The van der Waals surface area contributed by atoms with Crippen molar-refractivity contribution in [3.05, 3.63) is 59.8 Å². The van der Waals surface area contributed by atoms with Crippen LogP contribution in [0.5, 0.6) is 0 Å². The molecule has 0 fully saturated rings. The van der Waals surface area contributed by atoms with Gasteiger partial charge in [0.15, 0.2) is 0 Å². The number of hydrogen-bond donors (Lipinski definition) is 1. The van der Waals surface area contributed by atoms with Crippen LogP contribution in [0.4, 0.5) is 14.5 Å². The zero-order valence-corrected chi connectivity index (χ0v) is 13.4. The van der Waals surface area contributed by atoms with E-state index in [1.54, 1.807) is 30.5 Å². The predicted octanol–water partition coefficient (Wildman–Crippen LogP) is 5.67. The van der Waals surface area contributed by atoms with Crippen molar-refractivity contribution in [2.24, 2.45) is 4.99 Å². The summed E-state index contributed by atoms with van der Waals surface area (Å²) < 4.78 is 24.4. The van der Waals surface area contributed by atoms with E-state index in [9.17, 15) is 8.78 Å². The van der Waals surface area contributed by atoms with E-state index in [0.29, 0.717) is 5.69 Å². The second-order valence-electron chi connectivity index (χ2n) is 4.92. The van der Waals surface area contributed by atoms with Crippen LogP contribution in [0.25, 0.3) is 5.57 Å². The maximum atomic E-state index is 12.2. The maximum Gasteiger partial charge on any atom is 0.312 e. The molecule has 1 rings (SSSR count). The highest BCUT2D eigenvalue weighted by Crippen LogP contribution is 2.18. The number of anilines is 1. The monoisotopic (exact) mass is 304 g/mol. The minimum atomic E-state index is -2.55. The Kier molecular flexibility index (Phi) is 7.23. The molecule has 0 unspecified atom stereocenters. The molecule has 118 valence electrons. The van der Waals surface area contributed by atoms with E-state index >= 15 is 0 Å². The highest BCUT2D eigenvalue weighted by atomic mass is 19.3. The summed E-state index contributed by atoms with van der Waals surface area (Å²) in [4.78, 5) is 4.44. The number of halogens is 2. The van der Waals surface area contributed by atoms with E-state index in [1.165, 1.54) is 0 Å². The lowest BCUT2D eigenvalue weighted by Crippen LogP contribution is -2.05. The third kappa shape index (κ3) is 6.04.